The Labute approximate surface area is 677 Å². The quantitative estimate of drug-likeness (QED) is 0.0654. The highest BCUT2D eigenvalue weighted by molar-refractivity contribution is 8.36. The molecule has 2 rings (SSSR count). The van der Waals surface area contributed by atoms with Crippen molar-refractivity contribution in [2.24, 2.45) is 11.5 Å². The largest absolute Gasteiger partial charge is 0.333 e. The monoisotopic (exact) mass is 1140 g/mol. The van der Waals surface area contributed by atoms with Crippen LogP contribution in [0.25, 0.3) is 0 Å². The van der Waals surface area contributed by atoms with E-state index < -0.39 is 256 Å². The molecule has 345 valence electrons. The van der Waals surface area contributed by atoms with Gasteiger partial charge in [-0.15, -0.1) is 13.6 Å². The lowest BCUT2D eigenvalue weighted by Crippen LogP contribution is -2.95. The summed E-state index contributed by atoms with van der Waals surface area (Å²) in [5.74, 6) is 0. The van der Waals surface area contributed by atoms with Crippen molar-refractivity contribution in [3.05, 3.63) is 72.8 Å². The normalized spacial score (nSPS) is 9.31. The molecule has 0 atom stereocenters. The maximum Gasteiger partial charge on any atom is 0.0420 e. The van der Waals surface area contributed by atoms with Crippen molar-refractivity contribution < 1.29 is 0 Å². The zero-order valence-corrected chi connectivity index (χ0v) is 58.8. The van der Waals surface area contributed by atoms with E-state index in [0.29, 0.717) is 0 Å². The van der Waals surface area contributed by atoms with Crippen LogP contribution in [-0.4, -0.2) is 586 Å². The van der Waals surface area contributed by atoms with E-state index in [0.717, 1.165) is 7.06 Å². The lowest BCUT2D eigenvalue weighted by Gasteiger charge is -2.57. The molecule has 0 unspecified atom stereocenters. The molecule has 0 heterocycles. The molecule has 99 heavy (non-hydrogen) atoms. The smallest absolute Gasteiger partial charge is 0.0420 e. The van der Waals surface area contributed by atoms with Crippen LogP contribution in [0.3, 0.4) is 0 Å². The summed E-state index contributed by atoms with van der Waals surface area (Å²) in [6, 6.07) is 24.0. The Kier molecular flexibility index (Phi) is 59.5. The molecule has 0 aromatic heterocycles. The van der Waals surface area contributed by atoms with Gasteiger partial charge in [0.15, 0.2) is 0 Å². The minimum atomic E-state index is -1.59. The molecule has 0 saturated carbocycles. The zero-order valence-electron chi connectivity index (χ0n) is 58.8. The van der Waals surface area contributed by atoms with Gasteiger partial charge >= 0.3 is 0 Å². The second-order valence-electron chi connectivity index (χ2n) is 26.2. The zero-order chi connectivity index (χ0) is 78.3. The van der Waals surface area contributed by atoms with Gasteiger partial charge in [-0.25, -0.2) is 0 Å². The van der Waals surface area contributed by atoms with Gasteiger partial charge in [0.25, 0.3) is 0 Å². The minimum Gasteiger partial charge on any atom is -0.333 e. The maximum absolute atomic E-state index is 7.16. The summed E-state index contributed by atoms with van der Waals surface area (Å²) < 4.78 is 0. The Bertz CT molecular complexity index is 2000. The molecule has 0 aliphatic heterocycles. The second-order valence-corrected chi connectivity index (χ2v) is 26.2. The van der Waals surface area contributed by atoms with E-state index in [1.54, 1.807) is 13.6 Å². The molecule has 2 aromatic rings. The predicted molar refractivity (Wildman–Crippen MR) is 551 cm³/mol. The highest BCUT2D eigenvalue weighted by atomic mass is 14.4. The maximum atomic E-state index is 7.16. The van der Waals surface area contributed by atoms with Crippen LogP contribution in [0.4, 0.5) is 0 Å². The first-order chi connectivity index (χ1) is 45.8. The minimum absolute atomic E-state index is 1.16. The van der Waals surface area contributed by atoms with E-state index >= 15 is 0 Å². The molecule has 4 N–H and O–H groups in total. The average molecular weight is 1120 g/mol. The predicted octanol–water partition coefficient (Wildman–Crippen LogP) is -27.2. The van der Waals surface area contributed by atoms with Gasteiger partial charge < -0.3 is 11.5 Å². The van der Waals surface area contributed by atoms with E-state index in [4.69, 9.17) is 309 Å². The summed E-state index contributed by atoms with van der Waals surface area (Å²) >= 11 is 0. The van der Waals surface area contributed by atoms with E-state index in [2.05, 4.69) is 11.5 Å². The van der Waals surface area contributed by atoms with Gasteiger partial charge in [-0.1, -0.05) is 72.8 Å². The molecule has 0 aliphatic carbocycles. The third-order valence-corrected chi connectivity index (χ3v) is 19.5. The van der Waals surface area contributed by atoms with Crippen molar-refractivity contribution in [1.82, 2.24) is 0 Å². The Balaban J connectivity index is -0.00000506. The van der Waals surface area contributed by atoms with Gasteiger partial charge in [0.2, 0.25) is 0 Å². The fourth-order valence-corrected chi connectivity index (χ4v) is 15.9. The molecule has 0 bridgehead atoms. The Morgan fingerprint density at radius 1 is 0.172 bits per heavy atom. The molecule has 0 aliphatic rings. The summed E-state index contributed by atoms with van der Waals surface area (Å²) in [7, 11) is 276. The standard InChI is InChI=1S/2C6H6.C2H6B81.2CH5N/c2*1-2-4-6-5-3-1;1-44(68(77(62(36)37)65(42)46(4)5)81(71(50(12)13)51(14)15)72(52(16)17)53(18)19)67(80(78(63(38)39)66(43-3)47(6)7)83(75(58(28)29)59(30)31)76(60(32)33)61(34)35)45(2)69(79(64(40)41)70(48(8)9)49(10)11)82(73(54(20)21)55(22)23)74(56(24)25)57(26)27;2*1-2/h2*1-6H;1-2H3;2*2H2,1H3. The Morgan fingerprint density at radius 3 is 0.475 bits per heavy atom. The number of nitrogens with two attached hydrogens (primary N) is 2. The number of hydrogen-bond donors (Lipinski definition) is 2. The van der Waals surface area contributed by atoms with Crippen LogP contribution in [0, 0.1) is 0 Å². The first kappa shape index (κ1) is 107. The number of rotatable bonds is 40. The van der Waals surface area contributed by atoms with Gasteiger partial charge in [-0.05, 0) is 14.1 Å². The van der Waals surface area contributed by atoms with Crippen LogP contribution in [0.5, 0.6) is 0 Å². The van der Waals surface area contributed by atoms with Crippen molar-refractivity contribution >= 4 is 572 Å². The van der Waals surface area contributed by atoms with Gasteiger partial charge in [0, 0.05) is 572 Å². The summed E-state index contributed by atoms with van der Waals surface area (Å²) in [6.07, 6.45) is -54.8. The van der Waals surface area contributed by atoms with Crippen LogP contribution in [0.15, 0.2) is 72.8 Å². The SMILES string of the molecule is CN.CN.[B][B]B(B([B])[B])B(B([B])[B])B(B(B(C)B(B(B([B])[B])B([B])B([B])[B])B(B(B([B])[B])B([B])[B])B(B([B])[B])B([B])[B])B(C)B(B(B([B])[B])B(B([B])[B])B([B])[B])B(B(B([B])[B])B([B])[B])B(B([B])[B])B([B])[B])B(B(B([B])[B])B([B])[B])B(B([B])[B])B([B])[B].c1ccccc1.c1ccccc1. The van der Waals surface area contributed by atoms with E-state index in [9.17, 15) is 0 Å². The van der Waals surface area contributed by atoms with Gasteiger partial charge in [-0.3, -0.25) is 0 Å². The molecule has 0 saturated heterocycles. The lowest BCUT2D eigenvalue weighted by atomic mass is 8.25. The molecule has 0 fully saturated rings. The third kappa shape index (κ3) is 33.5. The van der Waals surface area contributed by atoms with Gasteiger partial charge in [0.1, 0.15) is 0 Å². The summed E-state index contributed by atoms with van der Waals surface area (Å²) in [6.45, 7) is 0.763. The van der Waals surface area contributed by atoms with Crippen LogP contribution in [0.1, 0.15) is 0 Å². The Hall–Kier alpha value is 3.62. The summed E-state index contributed by atoms with van der Waals surface area (Å²) in [5.41, 5.74) is 9.00. The molecular formula is C16H28B81N2. The Morgan fingerprint density at radius 2 is 0.323 bits per heavy atom. The van der Waals surface area contributed by atoms with Crippen molar-refractivity contribution in [1.29, 1.82) is 0 Å². The molecule has 2 aromatic carbocycles. The molecule has 2 nitrogen and oxygen atoms in total. The van der Waals surface area contributed by atoms with Crippen molar-refractivity contribution in [2.75, 3.05) is 14.1 Å². The van der Waals surface area contributed by atoms with Crippen LogP contribution >= 0.6 is 0 Å². The van der Waals surface area contributed by atoms with Gasteiger partial charge in [0.05, 0.1) is 0 Å². The molecular weight excluding hydrogens is 1100 g/mol. The first-order valence-corrected chi connectivity index (χ1v) is 33.0. The van der Waals surface area contributed by atoms with Crippen molar-refractivity contribution in [3.63, 3.8) is 0 Å². The lowest BCUT2D eigenvalue weighted by molar-refractivity contribution is 1.48. The average Bonchev–Trinajstić information content (AvgIpc) is 0.734. The molecule has 81 radical (unpaired) electrons. The summed E-state index contributed by atoms with van der Waals surface area (Å²) in [4.78, 5) is 0. The second kappa shape index (κ2) is 55.1. The van der Waals surface area contributed by atoms with Crippen LogP contribution in [-0.2, 0) is 0 Å². The summed E-state index contributed by atoms with van der Waals surface area (Å²) in [5, 5.41) is 0. The molecule has 83 heteroatoms. The van der Waals surface area contributed by atoms with Crippen LogP contribution < -0.4 is 11.5 Å². The fraction of sp³-hybridized carbons (Fsp3) is 0.250. The number of hydrogen-bond acceptors (Lipinski definition) is 2. The van der Waals surface area contributed by atoms with Crippen molar-refractivity contribution in [2.45, 2.75) is 13.6 Å². The number of benzene rings is 2. The van der Waals surface area contributed by atoms with Gasteiger partial charge in [-0.2, -0.15) is 0 Å². The molecule has 0 amide bonds. The van der Waals surface area contributed by atoms with E-state index in [1.165, 1.54) is 14.1 Å². The highest BCUT2D eigenvalue weighted by Gasteiger charge is 2.63. The van der Waals surface area contributed by atoms with E-state index in [1.807, 2.05) is 72.8 Å². The molecule has 0 spiro atoms. The topological polar surface area (TPSA) is 52.0 Å². The fourth-order valence-electron chi connectivity index (χ4n) is 15.9. The van der Waals surface area contributed by atoms with E-state index in [-0.39, 0.29) is 0 Å². The third-order valence-electron chi connectivity index (χ3n) is 19.5. The van der Waals surface area contributed by atoms with Crippen LogP contribution in [0.2, 0.25) is 13.6 Å². The highest BCUT2D eigenvalue weighted by Crippen LogP contribution is 2.26. The van der Waals surface area contributed by atoms with Crippen molar-refractivity contribution in [3.8, 4) is 0 Å². The first-order valence-electron chi connectivity index (χ1n) is 33.0.